The van der Waals surface area contributed by atoms with Gasteiger partial charge in [0.1, 0.15) is 12.4 Å². The van der Waals surface area contributed by atoms with Crippen LogP contribution in [0.4, 0.5) is 0 Å². The Morgan fingerprint density at radius 1 is 1.83 bits per heavy atom. The summed E-state index contributed by atoms with van der Waals surface area (Å²) in [6, 6.07) is 0. The van der Waals surface area contributed by atoms with E-state index in [9.17, 15) is 4.79 Å². The lowest BCUT2D eigenvalue weighted by Gasteiger charge is -2.02. The molecule has 0 saturated heterocycles. The third-order valence-electron chi connectivity index (χ3n) is 1.51. The van der Waals surface area contributed by atoms with Crippen LogP contribution in [0.5, 0.6) is 0 Å². The van der Waals surface area contributed by atoms with Crippen LogP contribution in [0.15, 0.2) is 6.33 Å². The van der Waals surface area contributed by atoms with E-state index < -0.39 is 11.9 Å². The van der Waals surface area contributed by atoms with Crippen molar-refractivity contribution in [2.24, 2.45) is 0 Å². The fourth-order valence-electron chi connectivity index (χ4n) is 0.873. The summed E-state index contributed by atoms with van der Waals surface area (Å²) in [5.74, 6) is -0.179. The van der Waals surface area contributed by atoms with Crippen molar-refractivity contribution in [1.82, 2.24) is 14.8 Å². The van der Waals surface area contributed by atoms with Crippen LogP contribution < -0.4 is 0 Å². The van der Waals surface area contributed by atoms with Gasteiger partial charge < -0.3 is 5.11 Å². The Bertz CT molecular complexity index is 280. The first-order chi connectivity index (χ1) is 5.66. The summed E-state index contributed by atoms with van der Waals surface area (Å²) in [7, 11) is 0. The Balaban J connectivity index is 2.94. The standard InChI is InChI=1S/C7H11N3O2/c1-3-10-7(8-4-9-10)6(12)5(2)11/h4-5,11H,3H2,1-2H3. The lowest BCUT2D eigenvalue weighted by atomic mass is 10.2. The summed E-state index contributed by atoms with van der Waals surface area (Å²) in [6.45, 7) is 3.85. The predicted octanol–water partition coefficient (Wildman–Crippen LogP) is -0.139. The number of aliphatic hydroxyl groups is 1. The number of hydrogen-bond acceptors (Lipinski definition) is 4. The first-order valence-electron chi connectivity index (χ1n) is 3.77. The van der Waals surface area contributed by atoms with Gasteiger partial charge in [-0.25, -0.2) is 9.67 Å². The fourth-order valence-corrected chi connectivity index (χ4v) is 0.873. The smallest absolute Gasteiger partial charge is 0.227 e. The molecule has 0 bridgehead atoms. The highest BCUT2D eigenvalue weighted by atomic mass is 16.3. The second-order valence-corrected chi connectivity index (χ2v) is 2.44. The van der Waals surface area contributed by atoms with Crippen molar-refractivity contribution in [2.75, 3.05) is 0 Å². The Hall–Kier alpha value is -1.23. The number of aryl methyl sites for hydroxylation is 1. The van der Waals surface area contributed by atoms with Gasteiger partial charge in [-0.15, -0.1) is 0 Å². The summed E-state index contributed by atoms with van der Waals surface area (Å²) in [5, 5.41) is 12.8. The number of carbonyl (C=O) groups excluding carboxylic acids is 1. The van der Waals surface area contributed by atoms with Crippen LogP contribution in [0.25, 0.3) is 0 Å². The van der Waals surface area contributed by atoms with E-state index in [2.05, 4.69) is 10.1 Å². The van der Waals surface area contributed by atoms with Gasteiger partial charge in [-0.3, -0.25) is 4.79 Å². The molecule has 1 rings (SSSR count). The van der Waals surface area contributed by atoms with Crippen molar-refractivity contribution in [3.8, 4) is 0 Å². The van der Waals surface area contributed by atoms with Crippen LogP contribution in [0.3, 0.4) is 0 Å². The molecule has 1 heterocycles. The number of nitrogens with zero attached hydrogens (tertiary/aromatic N) is 3. The van der Waals surface area contributed by atoms with Crippen LogP contribution in [0, 0.1) is 0 Å². The van der Waals surface area contributed by atoms with Crippen molar-refractivity contribution < 1.29 is 9.90 Å². The molecule has 1 unspecified atom stereocenters. The summed E-state index contributed by atoms with van der Waals surface area (Å²) >= 11 is 0. The number of ketones is 1. The molecule has 0 aromatic carbocycles. The molecule has 1 atom stereocenters. The monoisotopic (exact) mass is 169 g/mol. The van der Waals surface area contributed by atoms with Gasteiger partial charge in [0.2, 0.25) is 5.78 Å². The number of hydrogen-bond donors (Lipinski definition) is 1. The van der Waals surface area contributed by atoms with Gasteiger partial charge in [-0.05, 0) is 13.8 Å². The topological polar surface area (TPSA) is 68.0 Å². The number of Topliss-reactive ketones (excluding diaryl/α,β-unsaturated/α-hetero) is 1. The zero-order valence-corrected chi connectivity index (χ0v) is 7.06. The molecule has 5 heteroatoms. The Morgan fingerprint density at radius 2 is 2.50 bits per heavy atom. The normalized spacial score (nSPS) is 12.9. The molecule has 0 aliphatic heterocycles. The van der Waals surface area contributed by atoms with E-state index in [0.717, 1.165) is 0 Å². The van der Waals surface area contributed by atoms with Gasteiger partial charge in [0.05, 0.1) is 0 Å². The molecule has 0 fully saturated rings. The molecule has 0 aliphatic carbocycles. The second kappa shape index (κ2) is 3.44. The fraction of sp³-hybridized carbons (Fsp3) is 0.571. The van der Waals surface area contributed by atoms with Crippen molar-refractivity contribution in [1.29, 1.82) is 0 Å². The number of aliphatic hydroxyl groups excluding tert-OH is 1. The minimum atomic E-state index is -1.01. The lowest BCUT2D eigenvalue weighted by molar-refractivity contribution is 0.0762. The third kappa shape index (κ3) is 1.50. The van der Waals surface area contributed by atoms with Crippen molar-refractivity contribution in [3.63, 3.8) is 0 Å². The van der Waals surface area contributed by atoms with Crippen LogP contribution in [-0.4, -0.2) is 31.8 Å². The molecule has 1 N–H and O–H groups in total. The molecule has 0 radical (unpaired) electrons. The van der Waals surface area contributed by atoms with Gasteiger partial charge in [0.15, 0.2) is 5.82 Å². The second-order valence-electron chi connectivity index (χ2n) is 2.44. The summed E-state index contributed by atoms with van der Waals surface area (Å²) in [5.41, 5.74) is 0. The minimum Gasteiger partial charge on any atom is -0.385 e. The van der Waals surface area contributed by atoms with Crippen LogP contribution in [0.2, 0.25) is 0 Å². The highest BCUT2D eigenvalue weighted by Crippen LogP contribution is 1.98. The highest BCUT2D eigenvalue weighted by molar-refractivity contribution is 5.95. The number of carbonyl (C=O) groups is 1. The van der Waals surface area contributed by atoms with Gasteiger partial charge in [-0.2, -0.15) is 5.10 Å². The molecular formula is C7H11N3O2. The van der Waals surface area contributed by atoms with Crippen molar-refractivity contribution in [2.45, 2.75) is 26.5 Å². The molecule has 1 aromatic rings. The average molecular weight is 169 g/mol. The summed E-state index contributed by atoms with van der Waals surface area (Å²) in [6.07, 6.45) is 0.290. The van der Waals surface area contributed by atoms with Crippen molar-refractivity contribution >= 4 is 5.78 Å². The van der Waals surface area contributed by atoms with Crippen LogP contribution >= 0.6 is 0 Å². The molecule has 0 spiro atoms. The van der Waals surface area contributed by atoms with Gasteiger partial charge in [-0.1, -0.05) is 0 Å². The lowest BCUT2D eigenvalue weighted by Crippen LogP contribution is -2.21. The van der Waals surface area contributed by atoms with Crippen LogP contribution in [0.1, 0.15) is 24.5 Å². The third-order valence-corrected chi connectivity index (χ3v) is 1.51. The molecule has 5 nitrogen and oxygen atoms in total. The first-order valence-corrected chi connectivity index (χ1v) is 3.77. The maximum Gasteiger partial charge on any atom is 0.227 e. The van der Waals surface area contributed by atoms with E-state index in [0.29, 0.717) is 6.54 Å². The Labute approximate surface area is 70.0 Å². The zero-order chi connectivity index (χ0) is 9.14. The molecule has 12 heavy (non-hydrogen) atoms. The highest BCUT2D eigenvalue weighted by Gasteiger charge is 2.17. The molecule has 1 aromatic heterocycles. The molecule has 66 valence electrons. The predicted molar refractivity (Wildman–Crippen MR) is 41.7 cm³/mol. The van der Waals surface area contributed by atoms with E-state index >= 15 is 0 Å². The largest absolute Gasteiger partial charge is 0.385 e. The van der Waals surface area contributed by atoms with E-state index in [1.165, 1.54) is 17.9 Å². The molecule has 0 aliphatic rings. The quantitative estimate of drug-likeness (QED) is 0.639. The summed E-state index contributed by atoms with van der Waals surface area (Å²) in [4.78, 5) is 15.0. The van der Waals surface area contributed by atoms with E-state index in [-0.39, 0.29) is 5.82 Å². The Kier molecular flexibility index (Phi) is 2.54. The summed E-state index contributed by atoms with van der Waals surface area (Å²) < 4.78 is 1.45. The molecule has 0 amide bonds. The average Bonchev–Trinajstić information content (AvgIpc) is 2.49. The van der Waals surface area contributed by atoms with Crippen LogP contribution in [-0.2, 0) is 6.54 Å². The molecule has 0 saturated carbocycles. The van der Waals surface area contributed by atoms with E-state index in [1.54, 1.807) is 0 Å². The van der Waals surface area contributed by atoms with Gasteiger partial charge in [0.25, 0.3) is 0 Å². The number of rotatable bonds is 3. The Morgan fingerprint density at radius 3 is 3.00 bits per heavy atom. The first kappa shape index (κ1) is 8.86. The number of aromatic nitrogens is 3. The minimum absolute atomic E-state index is 0.215. The van der Waals surface area contributed by atoms with Gasteiger partial charge >= 0.3 is 0 Å². The van der Waals surface area contributed by atoms with Gasteiger partial charge in [0, 0.05) is 6.54 Å². The van der Waals surface area contributed by atoms with E-state index in [4.69, 9.17) is 5.11 Å². The molecular weight excluding hydrogens is 158 g/mol. The zero-order valence-electron chi connectivity index (χ0n) is 7.06. The maximum atomic E-state index is 11.2. The van der Waals surface area contributed by atoms with Crippen molar-refractivity contribution in [3.05, 3.63) is 12.2 Å². The van der Waals surface area contributed by atoms with E-state index in [1.807, 2.05) is 6.92 Å². The maximum absolute atomic E-state index is 11.2. The SMILES string of the molecule is CCn1ncnc1C(=O)C(C)O.